The molecule has 0 spiro atoms. The maximum atomic E-state index is 9.98. The fourth-order valence-corrected chi connectivity index (χ4v) is 2.73. The molecule has 1 N–H and O–H groups in total. The Balaban J connectivity index is 1.57. The second kappa shape index (κ2) is 5.30. The van der Waals surface area contributed by atoms with E-state index in [0.29, 0.717) is 13.2 Å². The lowest BCUT2D eigenvalue weighted by Gasteiger charge is -2.19. The van der Waals surface area contributed by atoms with Crippen LogP contribution in [-0.2, 0) is 20.8 Å². The van der Waals surface area contributed by atoms with Gasteiger partial charge in [0.05, 0.1) is 13.2 Å². The molecule has 1 aromatic rings. The molecule has 1 heterocycles. The largest absolute Gasteiger partial charge is 0.386 e. The summed E-state index contributed by atoms with van der Waals surface area (Å²) >= 11 is 0. The van der Waals surface area contributed by atoms with Crippen LogP contribution in [0.5, 0.6) is 0 Å². The number of hydrogen-bond acceptors (Lipinski definition) is 4. The number of aliphatic hydroxyl groups excluding tert-OH is 1. The van der Waals surface area contributed by atoms with Crippen molar-refractivity contribution in [2.24, 2.45) is 0 Å². The van der Waals surface area contributed by atoms with Gasteiger partial charge in [-0.3, -0.25) is 0 Å². The van der Waals surface area contributed by atoms with Crippen molar-refractivity contribution in [1.82, 2.24) is 0 Å². The van der Waals surface area contributed by atoms with E-state index in [1.54, 1.807) is 6.08 Å². The van der Waals surface area contributed by atoms with Crippen LogP contribution in [0.15, 0.2) is 42.0 Å². The predicted octanol–water partition coefficient (Wildman–Crippen LogP) is 2.02. The molecule has 1 aliphatic carbocycles. The summed E-state index contributed by atoms with van der Waals surface area (Å²) in [5, 5.41) is 9.98. The summed E-state index contributed by atoms with van der Waals surface area (Å²) in [6, 6.07) is 10.0. The molecule has 3 unspecified atom stereocenters. The zero-order valence-corrected chi connectivity index (χ0v) is 11.8. The van der Waals surface area contributed by atoms with E-state index in [0.717, 1.165) is 11.1 Å². The lowest BCUT2D eigenvalue weighted by Crippen LogP contribution is -2.29. The van der Waals surface area contributed by atoms with Gasteiger partial charge in [-0.2, -0.15) is 0 Å². The second-order valence-corrected chi connectivity index (χ2v) is 5.73. The number of ether oxygens (including phenoxy) is 3. The van der Waals surface area contributed by atoms with Crippen molar-refractivity contribution >= 4 is 0 Å². The van der Waals surface area contributed by atoms with E-state index in [1.807, 2.05) is 44.2 Å². The van der Waals surface area contributed by atoms with Crippen molar-refractivity contribution in [3.05, 3.63) is 47.5 Å². The van der Waals surface area contributed by atoms with Crippen LogP contribution in [-0.4, -0.2) is 35.8 Å². The molecule has 0 radical (unpaired) electrons. The van der Waals surface area contributed by atoms with E-state index in [4.69, 9.17) is 14.2 Å². The van der Waals surface area contributed by atoms with Gasteiger partial charge in [-0.1, -0.05) is 30.3 Å². The number of benzene rings is 1. The summed E-state index contributed by atoms with van der Waals surface area (Å²) in [7, 11) is 0. The third-order valence-corrected chi connectivity index (χ3v) is 3.60. The third-order valence-electron chi connectivity index (χ3n) is 3.60. The van der Waals surface area contributed by atoms with Crippen molar-refractivity contribution in [2.75, 3.05) is 6.61 Å². The van der Waals surface area contributed by atoms with Crippen molar-refractivity contribution in [2.45, 2.75) is 44.6 Å². The first-order valence-electron chi connectivity index (χ1n) is 6.91. The molecular weight excluding hydrogens is 256 g/mol. The standard InChI is InChI=1S/C16H20O4/c1-16(2)19-14-12(8-13(17)15(14)20-16)10-18-9-11-6-4-3-5-7-11/h3-8,13-15,17H,9-10H2,1-2H3. The first kappa shape index (κ1) is 13.8. The van der Waals surface area contributed by atoms with Gasteiger partial charge in [0, 0.05) is 0 Å². The molecule has 108 valence electrons. The molecule has 3 rings (SSSR count). The lowest BCUT2D eigenvalue weighted by molar-refractivity contribution is -0.153. The van der Waals surface area contributed by atoms with Gasteiger partial charge in [-0.25, -0.2) is 0 Å². The normalized spacial score (nSPS) is 31.1. The highest BCUT2D eigenvalue weighted by Gasteiger charge is 2.49. The SMILES string of the molecule is CC1(C)OC2C(COCc3ccccc3)=CC(O)C2O1. The molecular formula is C16H20O4. The Hall–Kier alpha value is -1.20. The van der Waals surface area contributed by atoms with Crippen LogP contribution >= 0.6 is 0 Å². The smallest absolute Gasteiger partial charge is 0.164 e. The number of hydrogen-bond donors (Lipinski definition) is 1. The molecule has 0 bridgehead atoms. The number of rotatable bonds is 4. The molecule has 0 aromatic heterocycles. The van der Waals surface area contributed by atoms with Gasteiger partial charge in [0.1, 0.15) is 18.3 Å². The van der Waals surface area contributed by atoms with E-state index in [2.05, 4.69) is 0 Å². The average molecular weight is 276 g/mol. The van der Waals surface area contributed by atoms with Crippen molar-refractivity contribution in [1.29, 1.82) is 0 Å². The summed E-state index contributed by atoms with van der Waals surface area (Å²) < 4.78 is 17.2. The number of fused-ring (bicyclic) bond motifs is 1. The first-order chi connectivity index (χ1) is 9.55. The molecule has 3 atom stereocenters. The molecule has 1 aliphatic heterocycles. The fourth-order valence-electron chi connectivity index (χ4n) is 2.73. The summed E-state index contributed by atoms with van der Waals surface area (Å²) in [6.07, 6.45) is 0.670. The summed E-state index contributed by atoms with van der Waals surface area (Å²) in [6.45, 7) is 4.73. The molecule has 1 aromatic carbocycles. The zero-order valence-electron chi connectivity index (χ0n) is 11.8. The van der Waals surface area contributed by atoms with Crippen LogP contribution in [0.2, 0.25) is 0 Å². The Morgan fingerprint density at radius 1 is 1.15 bits per heavy atom. The van der Waals surface area contributed by atoms with E-state index < -0.39 is 11.9 Å². The van der Waals surface area contributed by atoms with Gasteiger partial charge in [-0.05, 0) is 31.1 Å². The van der Waals surface area contributed by atoms with Gasteiger partial charge in [0.25, 0.3) is 0 Å². The highest BCUT2D eigenvalue weighted by atomic mass is 16.8. The fraction of sp³-hybridized carbons (Fsp3) is 0.500. The third kappa shape index (κ3) is 2.79. The predicted molar refractivity (Wildman–Crippen MR) is 74.0 cm³/mol. The van der Waals surface area contributed by atoms with Gasteiger partial charge in [0.2, 0.25) is 0 Å². The first-order valence-corrected chi connectivity index (χ1v) is 6.91. The summed E-state index contributed by atoms with van der Waals surface area (Å²) in [4.78, 5) is 0. The minimum absolute atomic E-state index is 0.198. The average Bonchev–Trinajstić information content (AvgIpc) is 2.87. The Morgan fingerprint density at radius 2 is 1.90 bits per heavy atom. The van der Waals surface area contributed by atoms with Crippen LogP contribution in [0.1, 0.15) is 19.4 Å². The van der Waals surface area contributed by atoms with E-state index >= 15 is 0 Å². The van der Waals surface area contributed by atoms with Crippen molar-refractivity contribution in [3.8, 4) is 0 Å². The zero-order chi connectivity index (χ0) is 14.2. The maximum Gasteiger partial charge on any atom is 0.164 e. The van der Waals surface area contributed by atoms with E-state index in [-0.39, 0.29) is 12.2 Å². The van der Waals surface area contributed by atoms with Crippen LogP contribution in [0.3, 0.4) is 0 Å². The molecule has 0 saturated carbocycles. The van der Waals surface area contributed by atoms with Gasteiger partial charge in [-0.15, -0.1) is 0 Å². The molecule has 1 fully saturated rings. The minimum Gasteiger partial charge on any atom is -0.386 e. The lowest BCUT2D eigenvalue weighted by atomic mass is 10.1. The monoisotopic (exact) mass is 276 g/mol. The topological polar surface area (TPSA) is 47.9 Å². The highest BCUT2D eigenvalue weighted by molar-refractivity contribution is 5.25. The van der Waals surface area contributed by atoms with E-state index in [9.17, 15) is 5.11 Å². The Kier molecular flexibility index (Phi) is 3.65. The van der Waals surface area contributed by atoms with Gasteiger partial charge in [0.15, 0.2) is 5.79 Å². The second-order valence-electron chi connectivity index (χ2n) is 5.73. The number of aliphatic hydroxyl groups is 1. The summed E-state index contributed by atoms with van der Waals surface area (Å²) in [5.41, 5.74) is 2.09. The van der Waals surface area contributed by atoms with Crippen molar-refractivity contribution < 1.29 is 19.3 Å². The molecule has 4 nitrogen and oxygen atoms in total. The van der Waals surface area contributed by atoms with Gasteiger partial charge >= 0.3 is 0 Å². The van der Waals surface area contributed by atoms with Crippen LogP contribution in [0.25, 0.3) is 0 Å². The Labute approximate surface area is 119 Å². The Bertz CT molecular complexity index is 494. The minimum atomic E-state index is -0.644. The van der Waals surface area contributed by atoms with Crippen molar-refractivity contribution in [3.63, 3.8) is 0 Å². The highest BCUT2D eigenvalue weighted by Crippen LogP contribution is 2.38. The Morgan fingerprint density at radius 3 is 2.65 bits per heavy atom. The summed E-state index contributed by atoms with van der Waals surface area (Å²) in [5.74, 6) is -0.644. The van der Waals surface area contributed by atoms with Crippen LogP contribution in [0, 0.1) is 0 Å². The molecule has 2 aliphatic rings. The van der Waals surface area contributed by atoms with Gasteiger partial charge < -0.3 is 19.3 Å². The van der Waals surface area contributed by atoms with E-state index in [1.165, 1.54) is 0 Å². The maximum absolute atomic E-state index is 9.98. The quantitative estimate of drug-likeness (QED) is 0.855. The van der Waals surface area contributed by atoms with Crippen LogP contribution < -0.4 is 0 Å². The molecule has 1 saturated heterocycles. The van der Waals surface area contributed by atoms with Crippen LogP contribution in [0.4, 0.5) is 0 Å². The molecule has 20 heavy (non-hydrogen) atoms. The molecule has 4 heteroatoms. The molecule has 0 amide bonds.